The quantitative estimate of drug-likeness (QED) is 0.824. The highest BCUT2D eigenvalue weighted by Crippen LogP contribution is 2.34. The number of ether oxygens (including phenoxy) is 2. The highest BCUT2D eigenvalue weighted by atomic mass is 35.5. The molecule has 0 N–H and O–H groups in total. The number of rotatable bonds is 3. The Hall–Kier alpha value is -1.63. The summed E-state index contributed by atoms with van der Waals surface area (Å²) in [5, 5.41) is 0.716. The van der Waals surface area contributed by atoms with E-state index in [1.54, 1.807) is 6.07 Å². The SMILES string of the molecule is CN(c1cc(Cl)cc(Cl)c1)S(=O)(=O)c1ccc2c(c1)OCCO2. The van der Waals surface area contributed by atoms with Crippen LogP contribution in [-0.4, -0.2) is 28.7 Å². The van der Waals surface area contributed by atoms with E-state index in [0.717, 1.165) is 4.31 Å². The second kappa shape index (κ2) is 6.11. The van der Waals surface area contributed by atoms with Gasteiger partial charge in [0, 0.05) is 23.2 Å². The lowest BCUT2D eigenvalue weighted by Crippen LogP contribution is -2.27. The molecule has 2 aromatic rings. The first kappa shape index (κ1) is 16.2. The zero-order valence-electron chi connectivity index (χ0n) is 12.1. The second-order valence-corrected chi connectivity index (χ2v) is 7.75. The number of benzene rings is 2. The fourth-order valence-electron chi connectivity index (χ4n) is 2.20. The Bertz CT molecular complexity index is 834. The monoisotopic (exact) mass is 373 g/mol. The molecule has 0 atom stereocenters. The van der Waals surface area contributed by atoms with Crippen molar-refractivity contribution in [3.8, 4) is 11.5 Å². The number of anilines is 1. The summed E-state index contributed by atoms with van der Waals surface area (Å²) in [5.41, 5.74) is 0.373. The molecular formula is C15H13Cl2NO4S. The number of fused-ring (bicyclic) bond motifs is 1. The molecular weight excluding hydrogens is 361 g/mol. The Morgan fingerprint density at radius 1 is 0.957 bits per heavy atom. The molecule has 0 saturated heterocycles. The molecule has 0 bridgehead atoms. The van der Waals surface area contributed by atoms with Crippen LogP contribution in [0.3, 0.4) is 0 Å². The third-order valence-corrected chi connectivity index (χ3v) is 5.60. The molecule has 0 saturated carbocycles. The third kappa shape index (κ3) is 3.20. The normalized spacial score (nSPS) is 13.7. The van der Waals surface area contributed by atoms with Crippen molar-refractivity contribution < 1.29 is 17.9 Å². The molecule has 0 fully saturated rings. The van der Waals surface area contributed by atoms with Gasteiger partial charge in [-0.05, 0) is 30.3 Å². The smallest absolute Gasteiger partial charge is 0.264 e. The lowest BCUT2D eigenvalue weighted by Gasteiger charge is -2.22. The van der Waals surface area contributed by atoms with Crippen molar-refractivity contribution in [3.63, 3.8) is 0 Å². The van der Waals surface area contributed by atoms with Gasteiger partial charge in [-0.3, -0.25) is 4.31 Å². The predicted octanol–water partition coefficient (Wildman–Crippen LogP) is 3.59. The summed E-state index contributed by atoms with van der Waals surface area (Å²) >= 11 is 11.9. The highest BCUT2D eigenvalue weighted by Gasteiger charge is 2.24. The molecule has 3 rings (SSSR count). The standard InChI is InChI=1S/C15H13Cl2NO4S/c1-18(12-7-10(16)6-11(17)8-12)23(19,20)13-2-3-14-15(9-13)22-5-4-21-14/h2-3,6-9H,4-5H2,1H3. The summed E-state index contributed by atoms with van der Waals surface area (Å²) in [6.07, 6.45) is 0. The van der Waals surface area contributed by atoms with E-state index in [1.807, 2.05) is 0 Å². The second-order valence-electron chi connectivity index (χ2n) is 4.91. The van der Waals surface area contributed by atoms with Crippen LogP contribution >= 0.6 is 23.2 Å². The molecule has 1 heterocycles. The van der Waals surface area contributed by atoms with Crippen LogP contribution in [0.1, 0.15) is 0 Å². The zero-order valence-corrected chi connectivity index (χ0v) is 14.5. The molecule has 0 aromatic heterocycles. The van der Waals surface area contributed by atoms with Crippen LogP contribution in [0.15, 0.2) is 41.3 Å². The summed E-state index contributed by atoms with van der Waals surface area (Å²) in [6, 6.07) is 9.11. The van der Waals surface area contributed by atoms with E-state index >= 15 is 0 Å². The van der Waals surface area contributed by atoms with E-state index in [-0.39, 0.29) is 4.90 Å². The molecule has 8 heteroatoms. The average molecular weight is 374 g/mol. The van der Waals surface area contributed by atoms with Crippen molar-refractivity contribution in [3.05, 3.63) is 46.4 Å². The van der Waals surface area contributed by atoms with Crippen LogP contribution in [0, 0.1) is 0 Å². The first-order chi connectivity index (χ1) is 10.9. The van der Waals surface area contributed by atoms with Crippen LogP contribution in [0.5, 0.6) is 11.5 Å². The van der Waals surface area contributed by atoms with Crippen LogP contribution in [0.2, 0.25) is 10.0 Å². The molecule has 1 aliphatic rings. The lowest BCUT2D eigenvalue weighted by atomic mass is 10.3. The van der Waals surface area contributed by atoms with Crippen LogP contribution in [0.25, 0.3) is 0 Å². The van der Waals surface area contributed by atoms with Gasteiger partial charge in [0.25, 0.3) is 10.0 Å². The minimum Gasteiger partial charge on any atom is -0.486 e. The first-order valence-electron chi connectivity index (χ1n) is 6.72. The topological polar surface area (TPSA) is 55.8 Å². The van der Waals surface area contributed by atoms with Gasteiger partial charge >= 0.3 is 0 Å². The van der Waals surface area contributed by atoms with Crippen molar-refractivity contribution in [2.75, 3.05) is 24.6 Å². The molecule has 0 spiro atoms. The molecule has 5 nitrogen and oxygen atoms in total. The number of halogens is 2. The van der Waals surface area contributed by atoms with Crippen molar-refractivity contribution in [1.29, 1.82) is 0 Å². The molecule has 0 radical (unpaired) electrons. The lowest BCUT2D eigenvalue weighted by molar-refractivity contribution is 0.171. The fraction of sp³-hybridized carbons (Fsp3) is 0.200. The van der Waals surface area contributed by atoms with Crippen molar-refractivity contribution in [2.45, 2.75) is 4.90 Å². The number of sulfonamides is 1. The first-order valence-corrected chi connectivity index (χ1v) is 8.92. The Kier molecular flexibility index (Phi) is 4.31. The maximum Gasteiger partial charge on any atom is 0.264 e. The van der Waals surface area contributed by atoms with E-state index in [9.17, 15) is 8.42 Å². The van der Waals surface area contributed by atoms with Gasteiger partial charge in [-0.25, -0.2) is 8.42 Å². The van der Waals surface area contributed by atoms with E-state index in [4.69, 9.17) is 32.7 Å². The van der Waals surface area contributed by atoms with Crippen molar-refractivity contribution >= 4 is 38.9 Å². The van der Waals surface area contributed by atoms with Gasteiger partial charge in [-0.1, -0.05) is 23.2 Å². The molecule has 2 aromatic carbocycles. The van der Waals surface area contributed by atoms with Gasteiger partial charge in [-0.2, -0.15) is 0 Å². The summed E-state index contributed by atoms with van der Waals surface area (Å²) in [4.78, 5) is 0.0975. The van der Waals surface area contributed by atoms with Gasteiger partial charge in [-0.15, -0.1) is 0 Å². The predicted molar refractivity (Wildman–Crippen MR) is 89.5 cm³/mol. The third-order valence-electron chi connectivity index (χ3n) is 3.38. The van der Waals surface area contributed by atoms with Gasteiger partial charge in [0.2, 0.25) is 0 Å². The molecule has 0 aliphatic carbocycles. The zero-order chi connectivity index (χ0) is 16.6. The van der Waals surface area contributed by atoms with E-state index in [1.165, 1.54) is 37.4 Å². The molecule has 0 amide bonds. The average Bonchev–Trinajstić information content (AvgIpc) is 2.52. The minimum absolute atomic E-state index is 0.0975. The summed E-state index contributed by atoms with van der Waals surface area (Å²) in [7, 11) is -2.34. The van der Waals surface area contributed by atoms with Gasteiger partial charge in [0.1, 0.15) is 13.2 Å². The van der Waals surface area contributed by atoms with E-state index in [2.05, 4.69) is 0 Å². The Morgan fingerprint density at radius 2 is 1.57 bits per heavy atom. The number of hydrogen-bond donors (Lipinski definition) is 0. The minimum atomic E-state index is -3.78. The van der Waals surface area contributed by atoms with Gasteiger partial charge < -0.3 is 9.47 Å². The van der Waals surface area contributed by atoms with Crippen LogP contribution < -0.4 is 13.8 Å². The molecule has 122 valence electrons. The van der Waals surface area contributed by atoms with Crippen LogP contribution in [-0.2, 0) is 10.0 Å². The maximum atomic E-state index is 12.8. The van der Waals surface area contributed by atoms with Gasteiger partial charge in [0.15, 0.2) is 11.5 Å². The summed E-state index contributed by atoms with van der Waals surface area (Å²) in [5.74, 6) is 0.943. The van der Waals surface area contributed by atoms with Crippen molar-refractivity contribution in [1.82, 2.24) is 0 Å². The molecule has 1 aliphatic heterocycles. The summed E-state index contributed by atoms with van der Waals surface area (Å²) in [6.45, 7) is 0.830. The fourth-order valence-corrected chi connectivity index (χ4v) is 3.91. The Morgan fingerprint density at radius 3 is 2.22 bits per heavy atom. The summed E-state index contributed by atoms with van der Waals surface area (Å²) < 4.78 is 37.5. The number of nitrogens with zero attached hydrogens (tertiary/aromatic N) is 1. The van der Waals surface area contributed by atoms with Gasteiger partial charge in [0.05, 0.1) is 10.6 Å². The Balaban J connectivity index is 2.00. The van der Waals surface area contributed by atoms with E-state index < -0.39 is 10.0 Å². The molecule has 23 heavy (non-hydrogen) atoms. The van der Waals surface area contributed by atoms with Crippen LogP contribution in [0.4, 0.5) is 5.69 Å². The maximum absolute atomic E-state index is 12.8. The number of hydrogen-bond acceptors (Lipinski definition) is 4. The largest absolute Gasteiger partial charge is 0.486 e. The Labute approximate surface area is 144 Å². The highest BCUT2D eigenvalue weighted by molar-refractivity contribution is 7.92. The van der Waals surface area contributed by atoms with Crippen molar-refractivity contribution in [2.24, 2.45) is 0 Å². The molecule has 0 unspecified atom stereocenters. The van der Waals surface area contributed by atoms with E-state index in [0.29, 0.717) is 40.4 Å².